The van der Waals surface area contributed by atoms with E-state index in [2.05, 4.69) is 10.1 Å². The Labute approximate surface area is 316 Å². The summed E-state index contributed by atoms with van der Waals surface area (Å²) in [6.45, 7) is 7.14. The van der Waals surface area contributed by atoms with Crippen LogP contribution in [0.25, 0.3) is 0 Å². The molecule has 1 aromatic rings. The first-order chi connectivity index (χ1) is 26.6. The van der Waals surface area contributed by atoms with Gasteiger partial charge in [0.25, 0.3) is 0 Å². The van der Waals surface area contributed by atoms with Crippen LogP contribution in [0.2, 0.25) is 0 Å². The van der Waals surface area contributed by atoms with Crippen molar-refractivity contribution >= 4 is 17.8 Å². The number of carbonyl (C=O) groups excluding carboxylic acids is 2. The second kappa shape index (κ2) is 34.2. The highest BCUT2D eigenvalue weighted by Gasteiger charge is 2.28. The number of carboxylic acid groups (broad SMARTS) is 1. The third kappa shape index (κ3) is 27.2. The van der Waals surface area contributed by atoms with Gasteiger partial charge in [-0.25, -0.2) is 13.2 Å². The van der Waals surface area contributed by atoms with Gasteiger partial charge in [0.1, 0.15) is 0 Å². The molecule has 0 bridgehead atoms. The molecule has 0 unspecified atom stereocenters. The van der Waals surface area contributed by atoms with Gasteiger partial charge in [-0.3, -0.25) is 14.4 Å². The Bertz CT molecular complexity index is 1160. The number of carboxylic acids is 1. The Morgan fingerprint density at radius 1 is 0.418 bits per heavy atom. The lowest BCUT2D eigenvalue weighted by Crippen LogP contribution is -2.25. The van der Waals surface area contributed by atoms with Crippen molar-refractivity contribution in [3.05, 3.63) is 29.1 Å². The summed E-state index contributed by atoms with van der Waals surface area (Å²) in [6, 6.07) is 0. The van der Waals surface area contributed by atoms with Crippen LogP contribution in [-0.4, -0.2) is 162 Å². The predicted octanol–water partition coefficient (Wildman–Crippen LogP) is 2.21. The molecule has 0 aliphatic rings. The summed E-state index contributed by atoms with van der Waals surface area (Å²) in [7, 11) is 0. The molecule has 0 heterocycles. The Morgan fingerprint density at radius 2 is 0.727 bits per heavy atom. The maximum absolute atomic E-state index is 13.5. The molecular weight excluding hydrogens is 757 g/mol. The van der Waals surface area contributed by atoms with Crippen molar-refractivity contribution in [1.29, 1.82) is 0 Å². The van der Waals surface area contributed by atoms with Gasteiger partial charge in [0.15, 0.2) is 0 Å². The lowest BCUT2D eigenvalue weighted by Gasteiger charge is -2.09. The van der Waals surface area contributed by atoms with Crippen molar-refractivity contribution in [2.75, 3.05) is 139 Å². The van der Waals surface area contributed by atoms with Crippen molar-refractivity contribution in [3.8, 4) is 5.75 Å². The molecule has 1 aromatic carbocycles. The van der Waals surface area contributed by atoms with E-state index < -0.39 is 53.2 Å². The molecule has 55 heavy (non-hydrogen) atoms. The van der Waals surface area contributed by atoms with Crippen LogP contribution in [-0.2, 0) is 61.8 Å². The highest BCUT2D eigenvalue weighted by Crippen LogP contribution is 2.29. The van der Waals surface area contributed by atoms with Crippen LogP contribution in [0, 0.1) is 29.1 Å². The SMILES string of the molecule is O=C(O)CCC(=O)NCCCOCCOCCOCCOCCOCCOCCOCCOCCOCCOCCC(=O)Oc1c(F)c(F)c(F)c(F)c1F. The van der Waals surface area contributed by atoms with Crippen molar-refractivity contribution in [2.45, 2.75) is 25.7 Å². The zero-order valence-electron chi connectivity index (χ0n) is 30.7. The minimum absolute atomic E-state index is 0.0317. The molecule has 0 radical (unpaired) electrons. The molecule has 318 valence electrons. The number of halogens is 5. The second-order valence-corrected chi connectivity index (χ2v) is 10.8. The number of hydrogen-bond acceptors (Lipinski definition) is 14. The molecule has 0 saturated carbocycles. The lowest BCUT2D eigenvalue weighted by atomic mass is 10.2. The number of amides is 1. The van der Waals surface area contributed by atoms with Gasteiger partial charge in [0.05, 0.1) is 138 Å². The van der Waals surface area contributed by atoms with E-state index in [0.717, 1.165) is 0 Å². The fourth-order valence-corrected chi connectivity index (χ4v) is 3.79. The Balaban J connectivity index is 1.73. The van der Waals surface area contributed by atoms with Crippen LogP contribution in [0.3, 0.4) is 0 Å². The highest BCUT2D eigenvalue weighted by molar-refractivity contribution is 5.80. The molecule has 16 nitrogen and oxygen atoms in total. The fourth-order valence-electron chi connectivity index (χ4n) is 3.79. The molecule has 0 fully saturated rings. The fraction of sp³-hybridized carbons (Fsp3) is 0.735. The first-order valence-electron chi connectivity index (χ1n) is 17.6. The topological polar surface area (TPSA) is 185 Å². The minimum atomic E-state index is -2.35. The zero-order valence-corrected chi connectivity index (χ0v) is 30.7. The largest absolute Gasteiger partial charge is 0.481 e. The number of hydrogen-bond donors (Lipinski definition) is 2. The highest BCUT2D eigenvalue weighted by atomic mass is 19.2. The van der Waals surface area contributed by atoms with Gasteiger partial charge in [-0.1, -0.05) is 0 Å². The smallest absolute Gasteiger partial charge is 0.313 e. The van der Waals surface area contributed by atoms with E-state index in [1.807, 2.05) is 0 Å². The van der Waals surface area contributed by atoms with Gasteiger partial charge in [-0.2, -0.15) is 8.78 Å². The summed E-state index contributed by atoms with van der Waals surface area (Å²) >= 11 is 0. The molecule has 1 amide bonds. The summed E-state index contributed by atoms with van der Waals surface area (Å²) in [5, 5.41) is 11.2. The van der Waals surface area contributed by atoms with Crippen molar-refractivity contribution < 1.29 is 93.5 Å². The molecule has 2 N–H and O–H groups in total. The summed E-state index contributed by atoms with van der Waals surface area (Å²) in [5.41, 5.74) is 0. The van der Waals surface area contributed by atoms with E-state index >= 15 is 0 Å². The van der Waals surface area contributed by atoms with Crippen molar-refractivity contribution in [3.63, 3.8) is 0 Å². The van der Waals surface area contributed by atoms with Crippen LogP contribution >= 0.6 is 0 Å². The van der Waals surface area contributed by atoms with E-state index in [-0.39, 0.29) is 45.2 Å². The lowest BCUT2D eigenvalue weighted by molar-refractivity contribution is -0.139. The maximum Gasteiger partial charge on any atom is 0.313 e. The minimum Gasteiger partial charge on any atom is -0.481 e. The van der Waals surface area contributed by atoms with Crippen LogP contribution in [0.1, 0.15) is 25.7 Å². The van der Waals surface area contributed by atoms with Crippen molar-refractivity contribution in [2.24, 2.45) is 0 Å². The van der Waals surface area contributed by atoms with E-state index in [9.17, 15) is 36.3 Å². The van der Waals surface area contributed by atoms with Gasteiger partial charge in [-0.15, -0.1) is 0 Å². The average Bonchev–Trinajstić information content (AvgIpc) is 3.17. The second-order valence-electron chi connectivity index (χ2n) is 10.8. The molecule has 0 atom stereocenters. The van der Waals surface area contributed by atoms with E-state index in [4.69, 9.17) is 52.5 Å². The van der Waals surface area contributed by atoms with E-state index in [0.29, 0.717) is 119 Å². The number of carbonyl (C=O) groups is 3. The van der Waals surface area contributed by atoms with Gasteiger partial charge in [-0.05, 0) is 6.42 Å². The monoisotopic (exact) mass is 809 g/mol. The molecule has 1 rings (SSSR count). The Morgan fingerprint density at radius 3 is 1.07 bits per heavy atom. The van der Waals surface area contributed by atoms with Crippen LogP contribution in [0.15, 0.2) is 0 Å². The number of nitrogens with one attached hydrogen (secondary N) is 1. The number of ether oxygens (including phenoxy) is 11. The number of aliphatic carboxylic acids is 1. The number of benzene rings is 1. The number of rotatable bonds is 38. The zero-order chi connectivity index (χ0) is 40.4. The van der Waals surface area contributed by atoms with Crippen molar-refractivity contribution in [1.82, 2.24) is 5.32 Å². The Kier molecular flexibility index (Phi) is 31.0. The normalized spacial score (nSPS) is 11.3. The predicted molar refractivity (Wildman–Crippen MR) is 179 cm³/mol. The van der Waals surface area contributed by atoms with Crippen LogP contribution in [0.5, 0.6) is 5.75 Å². The summed E-state index contributed by atoms with van der Waals surface area (Å²) < 4.78 is 124. The molecule has 0 spiro atoms. The third-order valence-corrected chi connectivity index (χ3v) is 6.54. The maximum atomic E-state index is 13.5. The molecular formula is C34H52F5NO15. The molecule has 0 saturated heterocycles. The number of esters is 1. The van der Waals surface area contributed by atoms with E-state index in [1.54, 1.807) is 0 Å². The summed E-state index contributed by atoms with van der Waals surface area (Å²) in [5.74, 6) is -15.5. The average molecular weight is 810 g/mol. The first-order valence-corrected chi connectivity index (χ1v) is 17.6. The Hall–Kier alpha value is -3.12. The van der Waals surface area contributed by atoms with Gasteiger partial charge in [0, 0.05) is 19.6 Å². The summed E-state index contributed by atoms with van der Waals surface area (Å²) in [4.78, 5) is 33.4. The van der Waals surface area contributed by atoms with E-state index in [1.165, 1.54) is 0 Å². The van der Waals surface area contributed by atoms with Gasteiger partial charge < -0.3 is 62.5 Å². The third-order valence-electron chi connectivity index (χ3n) is 6.54. The van der Waals surface area contributed by atoms with Crippen LogP contribution in [0.4, 0.5) is 22.0 Å². The quantitative estimate of drug-likeness (QED) is 0.0247. The first kappa shape index (κ1) is 49.9. The van der Waals surface area contributed by atoms with Gasteiger partial charge >= 0.3 is 11.9 Å². The standard InChI is InChI=1S/C34H52F5NO15/c35-29-30(36)32(38)34(33(39)31(29)37)55-28(44)4-7-46-9-11-48-13-15-50-17-19-52-21-23-54-25-24-53-22-20-51-18-16-49-14-12-47-10-8-45-6-1-5-40-26(41)2-3-27(42)43/h1-25H2,(H,40,41)(H,42,43). The molecule has 0 aliphatic heterocycles. The van der Waals surface area contributed by atoms with Crippen LogP contribution < -0.4 is 10.1 Å². The van der Waals surface area contributed by atoms with Gasteiger partial charge in [0.2, 0.25) is 40.7 Å². The molecule has 0 aromatic heterocycles. The molecule has 21 heteroatoms. The summed E-state index contributed by atoms with van der Waals surface area (Å²) in [6.07, 6.45) is -0.0866. The molecule has 0 aliphatic carbocycles.